The maximum atomic E-state index is 10.6. The molecular weight excluding hydrogens is 148 g/mol. The molecular formula is C6H10N2OS. The molecule has 1 heterocycles. The van der Waals surface area contributed by atoms with Crippen molar-refractivity contribution < 1.29 is 4.79 Å². The number of hydrogen-bond donors (Lipinski definition) is 1. The van der Waals surface area contributed by atoms with E-state index in [-0.39, 0.29) is 5.78 Å². The summed E-state index contributed by atoms with van der Waals surface area (Å²) in [5, 5.41) is 7.87. The van der Waals surface area contributed by atoms with Gasteiger partial charge in [-0.15, -0.1) is 0 Å². The molecule has 3 nitrogen and oxygen atoms in total. The highest BCUT2D eigenvalue weighted by molar-refractivity contribution is 8.14. The topological polar surface area (TPSA) is 44.2 Å². The molecule has 0 aliphatic carbocycles. The lowest BCUT2D eigenvalue weighted by Gasteiger charge is -2.13. The molecule has 0 radical (unpaired) electrons. The van der Waals surface area contributed by atoms with E-state index in [0.717, 1.165) is 12.3 Å². The predicted octanol–water partition coefficient (Wildman–Crippen LogP) is 0.559. The third kappa shape index (κ3) is 1.73. The number of carbonyl (C=O) groups excluding carboxylic acids is 1. The molecule has 4 heteroatoms. The number of nitrogens with one attached hydrogen (secondary N) is 1. The van der Waals surface area contributed by atoms with E-state index in [4.69, 9.17) is 5.41 Å². The zero-order chi connectivity index (χ0) is 7.56. The first kappa shape index (κ1) is 7.60. The third-order valence-corrected chi connectivity index (χ3v) is 2.22. The minimum Gasteiger partial charge on any atom is -0.344 e. The van der Waals surface area contributed by atoms with E-state index in [9.17, 15) is 4.79 Å². The van der Waals surface area contributed by atoms with Crippen LogP contribution in [0.25, 0.3) is 0 Å². The van der Waals surface area contributed by atoms with Gasteiger partial charge in [-0.25, -0.2) is 0 Å². The summed E-state index contributed by atoms with van der Waals surface area (Å²) >= 11 is 1.50. The van der Waals surface area contributed by atoms with Gasteiger partial charge in [-0.1, -0.05) is 11.8 Å². The number of rotatable bonds is 2. The van der Waals surface area contributed by atoms with E-state index in [0.29, 0.717) is 11.7 Å². The van der Waals surface area contributed by atoms with Gasteiger partial charge in [0.15, 0.2) is 5.17 Å². The van der Waals surface area contributed by atoms with Gasteiger partial charge in [-0.3, -0.25) is 10.2 Å². The highest BCUT2D eigenvalue weighted by Crippen LogP contribution is 2.15. The molecule has 0 aromatic heterocycles. The minimum atomic E-state index is 0.132. The van der Waals surface area contributed by atoms with E-state index in [1.807, 2.05) is 0 Å². The predicted molar refractivity (Wildman–Crippen MR) is 42.4 cm³/mol. The number of nitrogens with zero attached hydrogens (tertiary/aromatic N) is 1. The summed E-state index contributed by atoms with van der Waals surface area (Å²) < 4.78 is 0. The molecule has 56 valence electrons. The van der Waals surface area contributed by atoms with E-state index in [1.165, 1.54) is 11.8 Å². The van der Waals surface area contributed by atoms with Crippen molar-refractivity contribution in [3.63, 3.8) is 0 Å². The Morgan fingerprint density at radius 2 is 2.60 bits per heavy atom. The smallest absolute Gasteiger partial charge is 0.156 e. The van der Waals surface area contributed by atoms with Crippen LogP contribution in [-0.4, -0.2) is 34.7 Å². The van der Waals surface area contributed by atoms with Crippen molar-refractivity contribution in [1.29, 1.82) is 5.41 Å². The van der Waals surface area contributed by atoms with Crippen molar-refractivity contribution in [3.8, 4) is 0 Å². The van der Waals surface area contributed by atoms with E-state index in [2.05, 4.69) is 0 Å². The van der Waals surface area contributed by atoms with Crippen molar-refractivity contribution in [2.75, 3.05) is 18.8 Å². The van der Waals surface area contributed by atoms with Crippen molar-refractivity contribution in [3.05, 3.63) is 0 Å². The van der Waals surface area contributed by atoms with Crippen molar-refractivity contribution in [2.45, 2.75) is 6.92 Å². The lowest BCUT2D eigenvalue weighted by Crippen LogP contribution is -2.28. The van der Waals surface area contributed by atoms with Gasteiger partial charge in [0, 0.05) is 12.3 Å². The Morgan fingerprint density at radius 1 is 1.90 bits per heavy atom. The van der Waals surface area contributed by atoms with Crippen LogP contribution in [0.2, 0.25) is 0 Å². The maximum Gasteiger partial charge on any atom is 0.156 e. The average Bonchev–Trinajstić information content (AvgIpc) is 2.15. The zero-order valence-electron chi connectivity index (χ0n) is 5.89. The molecule has 0 aromatic rings. The Bertz CT molecular complexity index is 169. The van der Waals surface area contributed by atoms with Crippen LogP contribution >= 0.6 is 11.8 Å². The Kier molecular flexibility index (Phi) is 2.32. The number of amidine groups is 1. The molecule has 0 bridgehead atoms. The Hall–Kier alpha value is -0.510. The van der Waals surface area contributed by atoms with Crippen LogP contribution in [0.3, 0.4) is 0 Å². The van der Waals surface area contributed by atoms with E-state index in [1.54, 1.807) is 11.8 Å². The van der Waals surface area contributed by atoms with Gasteiger partial charge in [0.2, 0.25) is 0 Å². The highest BCUT2D eigenvalue weighted by Gasteiger charge is 2.17. The lowest BCUT2D eigenvalue weighted by atomic mass is 10.4. The number of ketones is 1. The average molecular weight is 158 g/mol. The van der Waals surface area contributed by atoms with Gasteiger partial charge in [0.1, 0.15) is 5.78 Å². The van der Waals surface area contributed by atoms with Crippen molar-refractivity contribution >= 4 is 22.7 Å². The molecule has 1 N–H and O–H groups in total. The zero-order valence-corrected chi connectivity index (χ0v) is 6.70. The molecule has 0 unspecified atom stereocenters. The second-order valence-electron chi connectivity index (χ2n) is 2.28. The first-order valence-corrected chi connectivity index (χ1v) is 4.14. The fourth-order valence-corrected chi connectivity index (χ4v) is 1.71. The number of Topliss-reactive ketones (excluding diaryl/α,β-unsaturated/α-hetero) is 1. The van der Waals surface area contributed by atoms with E-state index < -0.39 is 0 Å². The second kappa shape index (κ2) is 3.05. The van der Waals surface area contributed by atoms with Crippen LogP contribution in [-0.2, 0) is 4.79 Å². The molecule has 1 fully saturated rings. The fourth-order valence-electron chi connectivity index (χ4n) is 0.865. The SMILES string of the molecule is CC(=O)CN1CCSC1=N. The molecule has 0 spiro atoms. The standard InChI is InChI=1S/C6H10N2OS/c1-5(9)4-8-2-3-10-6(8)7/h7H,2-4H2,1H3. The first-order chi connectivity index (χ1) is 4.70. The van der Waals surface area contributed by atoms with Gasteiger partial charge < -0.3 is 4.90 Å². The number of thioether (sulfide) groups is 1. The molecule has 0 aromatic carbocycles. The maximum absolute atomic E-state index is 10.6. The summed E-state index contributed by atoms with van der Waals surface area (Å²) in [4.78, 5) is 12.4. The van der Waals surface area contributed by atoms with E-state index >= 15 is 0 Å². The summed E-state index contributed by atoms with van der Waals surface area (Å²) in [6.07, 6.45) is 0. The molecule has 1 aliphatic rings. The Balaban J connectivity index is 2.40. The molecule has 10 heavy (non-hydrogen) atoms. The van der Waals surface area contributed by atoms with Gasteiger partial charge in [0.25, 0.3) is 0 Å². The van der Waals surface area contributed by atoms with Crippen LogP contribution in [0.15, 0.2) is 0 Å². The molecule has 0 saturated carbocycles. The van der Waals surface area contributed by atoms with Crippen LogP contribution in [0.5, 0.6) is 0 Å². The van der Waals surface area contributed by atoms with Crippen LogP contribution in [0.4, 0.5) is 0 Å². The fraction of sp³-hybridized carbons (Fsp3) is 0.667. The Morgan fingerprint density at radius 3 is 3.00 bits per heavy atom. The first-order valence-electron chi connectivity index (χ1n) is 3.16. The van der Waals surface area contributed by atoms with Gasteiger partial charge in [-0.05, 0) is 6.92 Å². The second-order valence-corrected chi connectivity index (χ2v) is 3.36. The summed E-state index contributed by atoms with van der Waals surface area (Å²) in [5.41, 5.74) is 0. The van der Waals surface area contributed by atoms with Crippen molar-refractivity contribution in [2.24, 2.45) is 0 Å². The van der Waals surface area contributed by atoms with Gasteiger partial charge in [-0.2, -0.15) is 0 Å². The number of hydrogen-bond acceptors (Lipinski definition) is 3. The summed E-state index contributed by atoms with van der Waals surface area (Å²) in [5.74, 6) is 1.08. The Labute approximate surface area is 64.3 Å². The van der Waals surface area contributed by atoms with Crippen LogP contribution in [0, 0.1) is 5.41 Å². The molecule has 1 aliphatic heterocycles. The number of carbonyl (C=O) groups is 1. The van der Waals surface area contributed by atoms with Crippen molar-refractivity contribution in [1.82, 2.24) is 4.90 Å². The highest BCUT2D eigenvalue weighted by atomic mass is 32.2. The van der Waals surface area contributed by atoms with Gasteiger partial charge in [0.05, 0.1) is 6.54 Å². The molecule has 1 rings (SSSR count). The lowest BCUT2D eigenvalue weighted by molar-refractivity contribution is -0.117. The normalized spacial score (nSPS) is 18.1. The monoisotopic (exact) mass is 158 g/mol. The summed E-state index contributed by atoms with van der Waals surface area (Å²) in [6, 6.07) is 0. The quantitative estimate of drug-likeness (QED) is 0.638. The van der Waals surface area contributed by atoms with Crippen LogP contribution in [0.1, 0.15) is 6.92 Å². The van der Waals surface area contributed by atoms with Crippen LogP contribution < -0.4 is 0 Å². The minimum absolute atomic E-state index is 0.132. The molecule has 0 amide bonds. The molecule has 1 saturated heterocycles. The largest absolute Gasteiger partial charge is 0.344 e. The summed E-state index contributed by atoms with van der Waals surface area (Å²) in [7, 11) is 0. The van der Waals surface area contributed by atoms with Gasteiger partial charge >= 0.3 is 0 Å². The molecule has 0 atom stereocenters. The third-order valence-electron chi connectivity index (χ3n) is 1.30. The summed E-state index contributed by atoms with van der Waals surface area (Å²) in [6.45, 7) is 2.81.